The summed E-state index contributed by atoms with van der Waals surface area (Å²) in [7, 11) is 0. The second kappa shape index (κ2) is 7.53. The summed E-state index contributed by atoms with van der Waals surface area (Å²) in [5.41, 5.74) is 6.94. The molecule has 0 atom stereocenters. The average molecular weight is 431 g/mol. The topological polar surface area (TPSA) is 76.5 Å². The zero-order chi connectivity index (χ0) is 22.3. The van der Waals surface area contributed by atoms with Crippen LogP contribution in [-0.2, 0) is 12.7 Å². The fourth-order valence-corrected chi connectivity index (χ4v) is 3.37. The van der Waals surface area contributed by atoms with Gasteiger partial charge in [-0.3, -0.25) is 9.20 Å². The molecule has 10 heteroatoms. The highest BCUT2D eigenvalue weighted by Gasteiger charge is 2.31. The lowest BCUT2D eigenvalue weighted by Crippen LogP contribution is -2.30. The van der Waals surface area contributed by atoms with Crippen molar-refractivity contribution in [2.75, 3.05) is 12.3 Å². The number of nitrogens with two attached hydrogens (primary N) is 1. The molecule has 4 rings (SSSR count). The molecule has 4 aromatic rings. The molecule has 0 unspecified atom stereocenters. The highest BCUT2D eigenvalue weighted by molar-refractivity contribution is 5.98. The number of carbonyl (C=O) groups excluding carboxylic acids is 1. The van der Waals surface area contributed by atoms with E-state index >= 15 is 0 Å². The summed E-state index contributed by atoms with van der Waals surface area (Å²) in [5.74, 6) is -1.11. The van der Waals surface area contributed by atoms with Crippen LogP contribution in [0.25, 0.3) is 16.6 Å². The van der Waals surface area contributed by atoms with Crippen LogP contribution in [0.1, 0.15) is 28.4 Å². The molecule has 6 nitrogen and oxygen atoms in total. The van der Waals surface area contributed by atoms with Crippen LogP contribution < -0.4 is 5.73 Å². The molecule has 1 amide bonds. The maximum atomic E-state index is 14.3. The van der Waals surface area contributed by atoms with Gasteiger partial charge < -0.3 is 10.6 Å². The molecule has 2 heterocycles. The van der Waals surface area contributed by atoms with Crippen LogP contribution in [0.5, 0.6) is 0 Å². The van der Waals surface area contributed by atoms with Gasteiger partial charge in [-0.05, 0) is 37.3 Å². The zero-order valence-electron chi connectivity index (χ0n) is 16.3. The van der Waals surface area contributed by atoms with Crippen molar-refractivity contribution >= 4 is 28.3 Å². The molecule has 0 aliphatic heterocycles. The maximum Gasteiger partial charge on any atom is 0.416 e. The molecule has 0 radical (unpaired) electrons. The van der Waals surface area contributed by atoms with Gasteiger partial charge in [-0.15, -0.1) is 0 Å². The molecule has 0 saturated carbocycles. The normalized spacial score (nSPS) is 11.9. The fraction of sp³-hybridized carbons (Fsp3) is 0.190. The Labute approximate surface area is 173 Å². The van der Waals surface area contributed by atoms with Crippen molar-refractivity contribution in [2.45, 2.75) is 19.6 Å². The average Bonchev–Trinajstić information content (AvgIpc) is 3.22. The van der Waals surface area contributed by atoms with Gasteiger partial charge in [-0.2, -0.15) is 13.2 Å². The van der Waals surface area contributed by atoms with Gasteiger partial charge in [0.25, 0.3) is 5.91 Å². The van der Waals surface area contributed by atoms with Crippen molar-refractivity contribution in [2.24, 2.45) is 0 Å². The number of carbonyl (C=O) groups is 1. The lowest BCUT2D eigenvalue weighted by molar-refractivity contribution is -0.137. The van der Waals surface area contributed by atoms with E-state index in [1.807, 2.05) is 0 Å². The molecule has 2 N–H and O–H groups in total. The molecule has 31 heavy (non-hydrogen) atoms. The van der Waals surface area contributed by atoms with Crippen molar-refractivity contribution in [1.29, 1.82) is 0 Å². The number of nitrogens with zero attached hydrogens (tertiary/aromatic N) is 4. The van der Waals surface area contributed by atoms with Crippen molar-refractivity contribution in [1.82, 2.24) is 19.3 Å². The minimum atomic E-state index is -4.64. The van der Waals surface area contributed by atoms with Crippen molar-refractivity contribution in [3.8, 4) is 0 Å². The van der Waals surface area contributed by atoms with E-state index in [1.54, 1.807) is 42.0 Å². The number of anilines is 1. The molecule has 0 fully saturated rings. The number of nitrogen functional groups attached to an aromatic ring is 1. The lowest BCUT2D eigenvalue weighted by atomic mass is 10.1. The molecule has 0 aliphatic carbocycles. The Morgan fingerprint density at radius 3 is 2.61 bits per heavy atom. The molecule has 160 valence electrons. The predicted octanol–water partition coefficient (Wildman–Crippen LogP) is 4.28. The van der Waals surface area contributed by atoms with Gasteiger partial charge in [0.15, 0.2) is 0 Å². The van der Waals surface area contributed by atoms with Crippen LogP contribution in [0.15, 0.2) is 48.9 Å². The van der Waals surface area contributed by atoms with Gasteiger partial charge in [0.05, 0.1) is 29.1 Å². The van der Waals surface area contributed by atoms with Crippen LogP contribution in [0.2, 0.25) is 0 Å². The van der Waals surface area contributed by atoms with E-state index in [-0.39, 0.29) is 18.7 Å². The number of hydrogen-bond acceptors (Lipinski definition) is 4. The van der Waals surface area contributed by atoms with Gasteiger partial charge in [0.1, 0.15) is 17.2 Å². The molecule has 0 aliphatic rings. The van der Waals surface area contributed by atoms with E-state index in [2.05, 4.69) is 9.97 Å². The second-order valence-corrected chi connectivity index (χ2v) is 6.97. The Balaban J connectivity index is 1.66. The second-order valence-electron chi connectivity index (χ2n) is 6.97. The largest absolute Gasteiger partial charge is 0.416 e. The van der Waals surface area contributed by atoms with E-state index in [0.29, 0.717) is 34.0 Å². The van der Waals surface area contributed by atoms with Crippen molar-refractivity contribution in [3.63, 3.8) is 0 Å². The minimum absolute atomic E-state index is 0.00423. The van der Waals surface area contributed by atoms with Crippen LogP contribution in [0, 0.1) is 5.82 Å². The fourth-order valence-electron chi connectivity index (χ4n) is 3.37. The number of imidazole rings is 1. The summed E-state index contributed by atoms with van der Waals surface area (Å²) in [6, 6.07) is 7.14. The van der Waals surface area contributed by atoms with Crippen LogP contribution in [0.3, 0.4) is 0 Å². The van der Waals surface area contributed by atoms with Gasteiger partial charge >= 0.3 is 6.18 Å². The molecular weight excluding hydrogens is 414 g/mol. The van der Waals surface area contributed by atoms with Gasteiger partial charge in [-0.25, -0.2) is 14.4 Å². The summed E-state index contributed by atoms with van der Waals surface area (Å²) in [5, 5.41) is 0. The first-order valence-corrected chi connectivity index (χ1v) is 9.35. The third kappa shape index (κ3) is 3.76. The minimum Gasteiger partial charge on any atom is -0.382 e. The Hall–Kier alpha value is -3.69. The zero-order valence-corrected chi connectivity index (χ0v) is 16.3. The number of fused-ring (bicyclic) bond motifs is 3. The third-order valence-electron chi connectivity index (χ3n) is 5.03. The molecule has 2 aromatic carbocycles. The van der Waals surface area contributed by atoms with E-state index < -0.39 is 23.5 Å². The molecule has 2 aromatic heterocycles. The molecule has 0 bridgehead atoms. The number of hydrogen-bond donors (Lipinski definition) is 1. The highest BCUT2D eigenvalue weighted by Crippen LogP contribution is 2.30. The predicted molar refractivity (Wildman–Crippen MR) is 107 cm³/mol. The Morgan fingerprint density at radius 2 is 1.94 bits per heavy atom. The standard InChI is InChI=1S/C21H17F4N5O/c1-2-29(10-13-3-5-14(8-15(13)22)21(23,24)25)20(31)12-4-6-16-17(7-12)30-11-27-9-18(30)19(26)28-16/h3-9,11H,2,10H2,1H3,(H2,26,28). The third-order valence-corrected chi connectivity index (χ3v) is 5.03. The van der Waals surface area contributed by atoms with Crippen molar-refractivity contribution in [3.05, 3.63) is 71.4 Å². The van der Waals surface area contributed by atoms with Gasteiger partial charge in [-0.1, -0.05) is 6.07 Å². The number of benzene rings is 2. The smallest absolute Gasteiger partial charge is 0.382 e. The summed E-state index contributed by atoms with van der Waals surface area (Å²) >= 11 is 0. The van der Waals surface area contributed by atoms with Crippen LogP contribution in [0.4, 0.5) is 23.4 Å². The molecule has 0 spiro atoms. The van der Waals surface area contributed by atoms with Crippen LogP contribution >= 0.6 is 0 Å². The number of rotatable bonds is 4. The summed E-state index contributed by atoms with van der Waals surface area (Å²) in [4.78, 5) is 22.8. The number of aromatic nitrogens is 3. The first-order chi connectivity index (χ1) is 14.7. The van der Waals surface area contributed by atoms with Crippen molar-refractivity contribution < 1.29 is 22.4 Å². The quantitative estimate of drug-likeness (QED) is 0.489. The monoisotopic (exact) mass is 431 g/mol. The Bertz CT molecular complexity index is 1300. The highest BCUT2D eigenvalue weighted by atomic mass is 19.4. The number of alkyl halides is 3. The number of amides is 1. The van der Waals surface area contributed by atoms with E-state index in [0.717, 1.165) is 12.1 Å². The molecule has 0 saturated heterocycles. The number of halogens is 4. The Morgan fingerprint density at radius 1 is 1.16 bits per heavy atom. The van der Waals surface area contributed by atoms with Gasteiger partial charge in [0, 0.05) is 24.2 Å². The summed E-state index contributed by atoms with van der Waals surface area (Å²) in [6.07, 6.45) is -1.53. The lowest BCUT2D eigenvalue weighted by Gasteiger charge is -2.22. The summed E-state index contributed by atoms with van der Waals surface area (Å²) in [6.45, 7) is 1.77. The molecular formula is C21H17F4N5O. The SMILES string of the molecule is CCN(Cc1ccc(C(F)(F)F)cc1F)C(=O)c1ccc2nc(N)c3cncn3c2c1. The van der Waals surface area contributed by atoms with Gasteiger partial charge in [0.2, 0.25) is 0 Å². The summed E-state index contributed by atoms with van der Waals surface area (Å²) < 4.78 is 54.3. The maximum absolute atomic E-state index is 14.3. The van der Waals surface area contributed by atoms with E-state index in [1.165, 1.54) is 4.90 Å². The van der Waals surface area contributed by atoms with Crippen LogP contribution in [-0.4, -0.2) is 31.7 Å². The first-order valence-electron chi connectivity index (χ1n) is 9.35. The van der Waals surface area contributed by atoms with E-state index in [9.17, 15) is 22.4 Å². The van der Waals surface area contributed by atoms with E-state index in [4.69, 9.17) is 5.73 Å². The first kappa shape index (κ1) is 20.6. The Kier molecular flexibility index (Phi) is 5.00.